The van der Waals surface area contributed by atoms with E-state index in [9.17, 15) is 13.2 Å². The first-order chi connectivity index (χ1) is 14.8. The van der Waals surface area contributed by atoms with Crippen LogP contribution in [0.5, 0.6) is 5.75 Å². The number of thiazole rings is 1. The highest BCUT2D eigenvalue weighted by Crippen LogP contribution is 2.26. The zero-order valence-corrected chi connectivity index (χ0v) is 18.5. The second kappa shape index (κ2) is 9.70. The number of amides is 1. The van der Waals surface area contributed by atoms with Gasteiger partial charge < -0.3 is 4.74 Å². The lowest BCUT2D eigenvalue weighted by atomic mass is 10.2. The Morgan fingerprint density at radius 3 is 2.45 bits per heavy atom. The summed E-state index contributed by atoms with van der Waals surface area (Å²) in [5.41, 5.74) is 2.24. The lowest BCUT2D eigenvalue weighted by molar-refractivity contribution is -0.118. The first-order valence-electron chi connectivity index (χ1n) is 9.16. The predicted octanol–water partition coefficient (Wildman–Crippen LogP) is 3.14. The van der Waals surface area contributed by atoms with Gasteiger partial charge in [0.2, 0.25) is 10.0 Å². The molecule has 10 heteroatoms. The Labute approximate surface area is 184 Å². The van der Waals surface area contributed by atoms with E-state index in [2.05, 4.69) is 16.4 Å². The number of nitriles is 1. The van der Waals surface area contributed by atoms with Gasteiger partial charge in [0.05, 0.1) is 23.1 Å². The van der Waals surface area contributed by atoms with Crippen molar-refractivity contribution >= 4 is 32.4 Å². The third kappa shape index (κ3) is 5.67. The van der Waals surface area contributed by atoms with Crippen molar-refractivity contribution in [3.8, 4) is 23.1 Å². The summed E-state index contributed by atoms with van der Waals surface area (Å²) in [6.07, 6.45) is 0.321. The molecule has 160 valence electrons. The van der Waals surface area contributed by atoms with Crippen LogP contribution in [-0.2, 0) is 21.2 Å². The van der Waals surface area contributed by atoms with Crippen LogP contribution in [0.25, 0.3) is 11.3 Å². The second-order valence-electron chi connectivity index (χ2n) is 6.67. The van der Waals surface area contributed by atoms with E-state index in [1.807, 2.05) is 0 Å². The van der Waals surface area contributed by atoms with Gasteiger partial charge in [-0.3, -0.25) is 10.1 Å². The van der Waals surface area contributed by atoms with Gasteiger partial charge in [-0.15, -0.1) is 11.3 Å². The van der Waals surface area contributed by atoms with Crippen molar-refractivity contribution in [3.05, 3.63) is 59.5 Å². The number of nitrogens with one attached hydrogen (secondary N) is 1. The van der Waals surface area contributed by atoms with E-state index >= 15 is 0 Å². The fourth-order valence-corrected chi connectivity index (χ4v) is 4.21. The number of rotatable bonds is 8. The van der Waals surface area contributed by atoms with Crippen LogP contribution in [0.3, 0.4) is 0 Å². The van der Waals surface area contributed by atoms with Crippen molar-refractivity contribution in [2.24, 2.45) is 0 Å². The molecule has 31 heavy (non-hydrogen) atoms. The van der Waals surface area contributed by atoms with Crippen molar-refractivity contribution in [2.45, 2.75) is 11.3 Å². The summed E-state index contributed by atoms with van der Waals surface area (Å²) in [4.78, 5) is 16.7. The number of sulfonamides is 1. The number of hydrogen-bond acceptors (Lipinski definition) is 7. The summed E-state index contributed by atoms with van der Waals surface area (Å²) in [6, 6.07) is 15.4. The standard InChI is InChI=1S/C21H20N4O4S2/c1-25(2)31(27,28)18-9-5-16(6-10-18)19-14-30-21(23-19)24-20(26)13-29-17-7-3-15(4-8-17)11-12-22/h3-10,14H,11,13H2,1-2H3,(H,23,24,26). The van der Waals surface area contributed by atoms with Crippen molar-refractivity contribution < 1.29 is 17.9 Å². The molecule has 3 rings (SSSR count). The summed E-state index contributed by atoms with van der Waals surface area (Å²) in [5, 5.41) is 13.6. The van der Waals surface area contributed by atoms with Gasteiger partial charge in [0.1, 0.15) is 5.75 Å². The zero-order valence-electron chi connectivity index (χ0n) is 16.9. The summed E-state index contributed by atoms with van der Waals surface area (Å²) < 4.78 is 30.9. The Bertz CT molecular complexity index is 1200. The molecule has 0 fully saturated rings. The fraction of sp³-hybridized carbons (Fsp3) is 0.190. The molecule has 1 amide bonds. The molecule has 0 aliphatic carbocycles. The van der Waals surface area contributed by atoms with Gasteiger partial charge in [-0.05, 0) is 29.8 Å². The molecule has 3 aromatic rings. The molecule has 0 saturated carbocycles. The third-order valence-corrected chi connectivity index (χ3v) is 6.84. The largest absolute Gasteiger partial charge is 0.484 e. The van der Waals surface area contributed by atoms with E-state index in [1.54, 1.807) is 41.8 Å². The molecule has 1 heterocycles. The monoisotopic (exact) mass is 456 g/mol. The van der Waals surface area contributed by atoms with Gasteiger partial charge in [0, 0.05) is 25.0 Å². The highest BCUT2D eigenvalue weighted by molar-refractivity contribution is 7.89. The van der Waals surface area contributed by atoms with E-state index in [0.717, 1.165) is 15.4 Å². The molecular formula is C21H20N4O4S2. The first-order valence-corrected chi connectivity index (χ1v) is 11.5. The highest BCUT2D eigenvalue weighted by Gasteiger charge is 2.17. The molecule has 1 N–H and O–H groups in total. The van der Waals surface area contributed by atoms with Crippen LogP contribution in [0, 0.1) is 11.3 Å². The minimum atomic E-state index is -3.49. The maximum Gasteiger partial charge on any atom is 0.264 e. The van der Waals surface area contributed by atoms with Crippen LogP contribution in [0.4, 0.5) is 5.13 Å². The Kier molecular flexibility index (Phi) is 7.02. The van der Waals surface area contributed by atoms with E-state index in [0.29, 0.717) is 23.0 Å². The molecule has 0 aliphatic heterocycles. The van der Waals surface area contributed by atoms with E-state index in [-0.39, 0.29) is 17.4 Å². The van der Waals surface area contributed by atoms with Gasteiger partial charge in [0.15, 0.2) is 11.7 Å². The number of nitrogens with zero attached hydrogens (tertiary/aromatic N) is 3. The summed E-state index contributed by atoms with van der Waals surface area (Å²) in [5.74, 6) is 0.179. The van der Waals surface area contributed by atoms with Crippen LogP contribution >= 0.6 is 11.3 Å². The molecule has 0 saturated heterocycles. The lowest BCUT2D eigenvalue weighted by Crippen LogP contribution is -2.22. The Hall–Kier alpha value is -3.26. The molecule has 0 unspecified atom stereocenters. The van der Waals surface area contributed by atoms with Crippen LogP contribution in [0.1, 0.15) is 5.56 Å². The number of hydrogen-bond donors (Lipinski definition) is 1. The van der Waals surface area contributed by atoms with E-state index in [4.69, 9.17) is 10.00 Å². The van der Waals surface area contributed by atoms with Crippen molar-refractivity contribution in [1.29, 1.82) is 5.26 Å². The maximum atomic E-state index is 12.2. The molecular weight excluding hydrogens is 436 g/mol. The molecule has 0 atom stereocenters. The lowest BCUT2D eigenvalue weighted by Gasteiger charge is -2.11. The number of anilines is 1. The van der Waals surface area contributed by atoms with Gasteiger partial charge in [-0.25, -0.2) is 17.7 Å². The molecule has 0 radical (unpaired) electrons. The van der Waals surface area contributed by atoms with Gasteiger partial charge >= 0.3 is 0 Å². The molecule has 1 aromatic heterocycles. The minimum Gasteiger partial charge on any atom is -0.484 e. The smallest absolute Gasteiger partial charge is 0.264 e. The van der Waals surface area contributed by atoms with Gasteiger partial charge in [-0.1, -0.05) is 24.3 Å². The highest BCUT2D eigenvalue weighted by atomic mass is 32.2. The van der Waals surface area contributed by atoms with Gasteiger partial charge in [0.25, 0.3) is 5.91 Å². The Morgan fingerprint density at radius 1 is 1.16 bits per heavy atom. The van der Waals surface area contributed by atoms with Crippen LogP contribution in [0.2, 0.25) is 0 Å². The van der Waals surface area contributed by atoms with E-state index < -0.39 is 10.0 Å². The quantitative estimate of drug-likeness (QED) is 0.557. The SMILES string of the molecule is CN(C)S(=O)(=O)c1ccc(-c2csc(NC(=O)COc3ccc(CC#N)cc3)n2)cc1. The first kappa shape index (κ1) is 22.4. The van der Waals surface area contributed by atoms with Crippen LogP contribution in [-0.4, -0.2) is 44.3 Å². The summed E-state index contributed by atoms with van der Waals surface area (Å²) in [7, 11) is -0.534. The normalized spacial score (nSPS) is 11.2. The maximum absolute atomic E-state index is 12.2. The van der Waals surface area contributed by atoms with Crippen LogP contribution in [0.15, 0.2) is 58.8 Å². The van der Waals surface area contributed by atoms with E-state index in [1.165, 1.54) is 37.6 Å². The molecule has 2 aromatic carbocycles. The second-order valence-corrected chi connectivity index (χ2v) is 9.68. The summed E-state index contributed by atoms with van der Waals surface area (Å²) in [6.45, 7) is -0.177. The number of aromatic nitrogens is 1. The Morgan fingerprint density at radius 2 is 1.84 bits per heavy atom. The third-order valence-electron chi connectivity index (χ3n) is 4.26. The predicted molar refractivity (Wildman–Crippen MR) is 118 cm³/mol. The average Bonchev–Trinajstić information content (AvgIpc) is 3.22. The zero-order chi connectivity index (χ0) is 22.4. The molecule has 0 spiro atoms. The number of benzene rings is 2. The van der Waals surface area contributed by atoms with Crippen molar-refractivity contribution in [3.63, 3.8) is 0 Å². The average molecular weight is 457 g/mol. The van der Waals surface area contributed by atoms with Gasteiger partial charge in [-0.2, -0.15) is 5.26 Å². The Balaban J connectivity index is 1.58. The number of carbonyl (C=O) groups excluding carboxylic acids is 1. The minimum absolute atomic E-state index is 0.177. The molecule has 0 aliphatic rings. The van der Waals surface area contributed by atoms with Crippen molar-refractivity contribution in [2.75, 3.05) is 26.0 Å². The van der Waals surface area contributed by atoms with Crippen molar-refractivity contribution in [1.82, 2.24) is 9.29 Å². The van der Waals surface area contributed by atoms with Crippen LogP contribution < -0.4 is 10.1 Å². The molecule has 8 nitrogen and oxygen atoms in total. The molecule has 0 bridgehead atoms. The summed E-state index contributed by atoms with van der Waals surface area (Å²) >= 11 is 1.26. The number of carbonyl (C=O) groups is 1. The number of ether oxygens (including phenoxy) is 1. The fourth-order valence-electron chi connectivity index (χ4n) is 2.57. The topological polar surface area (TPSA) is 112 Å².